The number of allylic oxidation sites excluding steroid dienone is 18. The predicted molar refractivity (Wildman–Crippen MR) is 357 cm³/mol. The number of hydrogen-bond donors (Lipinski definition) is 0. The van der Waals surface area contributed by atoms with E-state index in [1.165, 1.54) is 173 Å². The molecule has 0 saturated carbocycles. The molecule has 6 nitrogen and oxygen atoms in total. The van der Waals surface area contributed by atoms with Crippen molar-refractivity contribution in [2.24, 2.45) is 0 Å². The highest BCUT2D eigenvalue weighted by molar-refractivity contribution is 5.71. The van der Waals surface area contributed by atoms with Gasteiger partial charge in [-0.1, -0.05) is 304 Å². The number of ether oxygens (including phenoxy) is 3. The molecule has 0 aliphatic carbocycles. The molecule has 0 rings (SSSR count). The molecule has 0 aliphatic rings. The first kappa shape index (κ1) is 78.1. The minimum Gasteiger partial charge on any atom is -0.462 e. The fraction of sp³-hybridized carbons (Fsp3) is 0.724. The van der Waals surface area contributed by atoms with Crippen LogP contribution in [0.25, 0.3) is 0 Å². The number of carbonyl (C=O) groups excluding carboxylic acids is 3. The standard InChI is InChI=1S/C76H130O6/c1-4-7-10-13-16-19-22-25-27-29-31-32-33-34-35-36-37-38-39-40-41-42-43-44-45-47-48-51-54-57-60-63-66-69-75(78)81-72-73(71-80-74(77)68-65-62-59-56-53-50-24-21-18-15-12-9-6-3)82-76(79)70-67-64-61-58-55-52-49-46-30-28-26-23-20-17-14-11-8-5-2/h7,9-10,12,16,18-21,23,25,27-28,30-32,50,53,73H,4-6,8,11,13-15,17,22,24,26,29,33-49,51-52,54-72H2,1-3H3/b10-7-,12-9-,19-16-,21-18-,23-20-,27-25-,30-28-,32-31-,53-50-. The molecular formula is C76H130O6. The molecular weight excluding hydrogens is 1010 g/mol. The zero-order chi connectivity index (χ0) is 59.2. The summed E-state index contributed by atoms with van der Waals surface area (Å²) in [6.07, 6.45) is 95.6. The molecule has 0 N–H and O–H groups in total. The Morgan fingerprint density at radius 3 is 0.756 bits per heavy atom. The summed E-state index contributed by atoms with van der Waals surface area (Å²) in [5, 5.41) is 0. The Balaban J connectivity index is 4.18. The molecule has 0 aromatic carbocycles. The maximum Gasteiger partial charge on any atom is 0.306 e. The van der Waals surface area contributed by atoms with E-state index in [2.05, 4.69) is 130 Å². The van der Waals surface area contributed by atoms with Crippen molar-refractivity contribution in [1.29, 1.82) is 0 Å². The van der Waals surface area contributed by atoms with Crippen LogP contribution < -0.4 is 0 Å². The summed E-state index contributed by atoms with van der Waals surface area (Å²) in [7, 11) is 0. The first-order chi connectivity index (χ1) is 40.5. The quantitative estimate of drug-likeness (QED) is 0.0261. The van der Waals surface area contributed by atoms with E-state index in [0.717, 1.165) is 122 Å². The van der Waals surface area contributed by atoms with E-state index < -0.39 is 6.10 Å². The number of hydrogen-bond acceptors (Lipinski definition) is 6. The van der Waals surface area contributed by atoms with Crippen LogP contribution in [-0.4, -0.2) is 37.2 Å². The molecule has 0 aromatic rings. The summed E-state index contributed by atoms with van der Waals surface area (Å²) >= 11 is 0. The molecule has 1 unspecified atom stereocenters. The minimum absolute atomic E-state index is 0.0882. The molecule has 0 saturated heterocycles. The Bertz CT molecular complexity index is 1640. The first-order valence-corrected chi connectivity index (χ1v) is 34.9. The van der Waals surface area contributed by atoms with E-state index in [9.17, 15) is 14.4 Å². The Hall–Kier alpha value is -3.93. The highest BCUT2D eigenvalue weighted by atomic mass is 16.6. The fourth-order valence-corrected chi connectivity index (χ4v) is 9.83. The van der Waals surface area contributed by atoms with Crippen LogP contribution in [0.15, 0.2) is 109 Å². The van der Waals surface area contributed by atoms with Gasteiger partial charge in [0.25, 0.3) is 0 Å². The second kappa shape index (κ2) is 69.6. The SMILES string of the molecule is CC/C=C\C/C=C\C/C=C\C/C=C\CCCCCCCCCCCCCCCCCCCCCCC(=O)OCC(COC(=O)CCCCC/C=C\C/C=C\C/C=C\CC)OC(=O)CCCCCCCCC/C=C\C/C=C\CCCCCC. The Labute approximate surface area is 508 Å². The highest BCUT2D eigenvalue weighted by Crippen LogP contribution is 2.17. The molecule has 0 aliphatic heterocycles. The van der Waals surface area contributed by atoms with E-state index >= 15 is 0 Å². The summed E-state index contributed by atoms with van der Waals surface area (Å²) in [6.45, 7) is 6.40. The average molecular weight is 1140 g/mol. The molecule has 82 heavy (non-hydrogen) atoms. The Morgan fingerprint density at radius 2 is 0.476 bits per heavy atom. The highest BCUT2D eigenvalue weighted by Gasteiger charge is 2.19. The summed E-state index contributed by atoms with van der Waals surface area (Å²) in [6, 6.07) is 0. The maximum atomic E-state index is 12.9. The van der Waals surface area contributed by atoms with Crippen molar-refractivity contribution < 1.29 is 28.6 Å². The molecule has 470 valence electrons. The van der Waals surface area contributed by atoms with E-state index in [-0.39, 0.29) is 31.1 Å². The fourth-order valence-electron chi connectivity index (χ4n) is 9.83. The third-order valence-corrected chi connectivity index (χ3v) is 15.0. The van der Waals surface area contributed by atoms with Crippen molar-refractivity contribution in [2.75, 3.05) is 13.2 Å². The Morgan fingerprint density at radius 1 is 0.256 bits per heavy atom. The average Bonchev–Trinajstić information content (AvgIpc) is 3.47. The largest absolute Gasteiger partial charge is 0.462 e. The minimum atomic E-state index is -0.795. The maximum absolute atomic E-state index is 12.9. The van der Waals surface area contributed by atoms with Crippen molar-refractivity contribution >= 4 is 17.9 Å². The lowest BCUT2D eigenvalue weighted by Crippen LogP contribution is -2.30. The van der Waals surface area contributed by atoms with Crippen molar-refractivity contribution in [3.8, 4) is 0 Å². The number of rotatable bonds is 63. The van der Waals surface area contributed by atoms with Gasteiger partial charge in [-0.05, 0) is 122 Å². The normalized spacial score (nSPS) is 12.8. The van der Waals surface area contributed by atoms with Crippen molar-refractivity contribution in [3.05, 3.63) is 109 Å². The molecule has 0 bridgehead atoms. The summed E-state index contributed by atoms with van der Waals surface area (Å²) < 4.78 is 16.9. The number of esters is 3. The lowest BCUT2D eigenvalue weighted by Gasteiger charge is -2.18. The van der Waals surface area contributed by atoms with Crippen LogP contribution in [0.2, 0.25) is 0 Å². The molecule has 0 amide bonds. The van der Waals surface area contributed by atoms with E-state index in [0.29, 0.717) is 19.3 Å². The van der Waals surface area contributed by atoms with Crippen LogP contribution in [0, 0.1) is 0 Å². The number of unbranched alkanes of at least 4 members (excludes halogenated alkanes) is 34. The summed E-state index contributed by atoms with van der Waals surface area (Å²) in [5.41, 5.74) is 0. The lowest BCUT2D eigenvalue weighted by atomic mass is 10.0. The first-order valence-electron chi connectivity index (χ1n) is 34.9. The topological polar surface area (TPSA) is 78.9 Å². The van der Waals surface area contributed by atoms with E-state index in [1.54, 1.807) is 0 Å². The van der Waals surface area contributed by atoms with Gasteiger partial charge in [0.15, 0.2) is 6.10 Å². The Kier molecular flexibility index (Phi) is 66.2. The van der Waals surface area contributed by atoms with Crippen molar-refractivity contribution in [1.82, 2.24) is 0 Å². The molecule has 1 atom stereocenters. The van der Waals surface area contributed by atoms with Crippen molar-refractivity contribution in [2.45, 2.75) is 341 Å². The van der Waals surface area contributed by atoms with Gasteiger partial charge in [0.2, 0.25) is 0 Å². The van der Waals surface area contributed by atoms with Gasteiger partial charge in [-0.2, -0.15) is 0 Å². The molecule has 6 heteroatoms. The van der Waals surface area contributed by atoms with Crippen LogP contribution in [0.4, 0.5) is 0 Å². The molecule has 0 fully saturated rings. The van der Waals surface area contributed by atoms with Gasteiger partial charge in [-0.3, -0.25) is 14.4 Å². The summed E-state index contributed by atoms with van der Waals surface area (Å²) in [4.78, 5) is 38.4. The lowest BCUT2D eigenvalue weighted by molar-refractivity contribution is -0.167. The van der Waals surface area contributed by atoms with Gasteiger partial charge in [0, 0.05) is 19.3 Å². The second-order valence-corrected chi connectivity index (χ2v) is 23.0. The van der Waals surface area contributed by atoms with Crippen LogP contribution >= 0.6 is 0 Å². The van der Waals surface area contributed by atoms with E-state index in [1.807, 2.05) is 0 Å². The molecule has 0 aromatic heterocycles. The monoisotopic (exact) mass is 1140 g/mol. The van der Waals surface area contributed by atoms with E-state index in [4.69, 9.17) is 14.2 Å². The predicted octanol–water partition coefficient (Wildman–Crippen LogP) is 24.2. The van der Waals surface area contributed by atoms with Gasteiger partial charge in [0.05, 0.1) is 0 Å². The van der Waals surface area contributed by atoms with Crippen LogP contribution in [0.1, 0.15) is 335 Å². The summed E-state index contributed by atoms with van der Waals surface area (Å²) in [5.74, 6) is -0.914. The van der Waals surface area contributed by atoms with Gasteiger partial charge >= 0.3 is 17.9 Å². The third kappa shape index (κ3) is 66.9. The molecule has 0 spiro atoms. The molecule has 0 radical (unpaired) electrons. The van der Waals surface area contributed by atoms with Crippen LogP contribution in [0.5, 0.6) is 0 Å². The van der Waals surface area contributed by atoms with Crippen LogP contribution in [-0.2, 0) is 28.6 Å². The van der Waals surface area contributed by atoms with Crippen LogP contribution in [0.3, 0.4) is 0 Å². The van der Waals surface area contributed by atoms with Gasteiger partial charge in [0.1, 0.15) is 13.2 Å². The smallest absolute Gasteiger partial charge is 0.306 e. The second-order valence-electron chi connectivity index (χ2n) is 23.0. The van der Waals surface area contributed by atoms with Gasteiger partial charge < -0.3 is 14.2 Å². The zero-order valence-corrected chi connectivity index (χ0v) is 54.0. The molecule has 0 heterocycles. The van der Waals surface area contributed by atoms with Gasteiger partial charge in [-0.15, -0.1) is 0 Å². The van der Waals surface area contributed by atoms with Crippen molar-refractivity contribution in [3.63, 3.8) is 0 Å². The zero-order valence-electron chi connectivity index (χ0n) is 54.0. The number of carbonyl (C=O) groups is 3. The third-order valence-electron chi connectivity index (χ3n) is 15.0. The van der Waals surface area contributed by atoms with Gasteiger partial charge in [-0.25, -0.2) is 0 Å².